The molecule has 0 aromatic heterocycles. The van der Waals surface area contributed by atoms with Gasteiger partial charge in [-0.2, -0.15) is 9.89 Å². The van der Waals surface area contributed by atoms with Crippen LogP contribution >= 0.6 is 0 Å². The summed E-state index contributed by atoms with van der Waals surface area (Å²) in [5.41, 5.74) is 4.98. The summed E-state index contributed by atoms with van der Waals surface area (Å²) in [6.45, 7) is 5.30. The van der Waals surface area contributed by atoms with Crippen molar-refractivity contribution in [1.29, 1.82) is 0 Å². The molecular weight excluding hydrogens is 398 g/mol. The second-order valence-electron chi connectivity index (χ2n) is 9.70. The molecule has 2 aromatic carbocycles. The topological polar surface area (TPSA) is 52.4 Å². The second-order valence-corrected chi connectivity index (χ2v) is 9.70. The van der Waals surface area contributed by atoms with Gasteiger partial charge in [0.1, 0.15) is 0 Å². The van der Waals surface area contributed by atoms with Crippen LogP contribution in [0.5, 0.6) is 0 Å². The fourth-order valence-electron chi connectivity index (χ4n) is 5.55. The highest BCUT2D eigenvalue weighted by molar-refractivity contribution is 5.89. The minimum Gasteiger partial charge on any atom is -0.370 e. The van der Waals surface area contributed by atoms with E-state index in [1.165, 1.54) is 37.2 Å². The van der Waals surface area contributed by atoms with Crippen LogP contribution in [0.1, 0.15) is 31.2 Å². The number of hydrogen-bond acceptors (Lipinski definition) is 4. The Morgan fingerprint density at radius 3 is 2.59 bits per heavy atom. The zero-order chi connectivity index (χ0) is 22.0. The summed E-state index contributed by atoms with van der Waals surface area (Å²) in [5.74, 6) is 0. The van der Waals surface area contributed by atoms with Gasteiger partial charge in [0, 0.05) is 38.8 Å². The summed E-state index contributed by atoms with van der Waals surface area (Å²) >= 11 is 0. The van der Waals surface area contributed by atoms with Crippen molar-refractivity contribution in [3.63, 3.8) is 0 Å². The number of quaternary nitrogens is 1. The van der Waals surface area contributed by atoms with Crippen molar-refractivity contribution in [2.75, 3.05) is 44.7 Å². The van der Waals surface area contributed by atoms with Gasteiger partial charge in [-0.25, -0.2) is 4.79 Å². The van der Waals surface area contributed by atoms with Gasteiger partial charge < -0.3 is 15.1 Å². The molecule has 6 nitrogen and oxygen atoms in total. The van der Waals surface area contributed by atoms with Gasteiger partial charge in [0.05, 0.1) is 5.69 Å². The molecule has 3 heterocycles. The fourth-order valence-corrected chi connectivity index (χ4v) is 5.55. The number of likely N-dealkylation sites (tertiary alicyclic amines) is 1. The maximum atomic E-state index is 12.8. The SMILES string of the molecule is CN1CC2(CCN(c3cccc4c3N=C[NH+]4C(=O)NCCCCc3ccccc3)CC2)C1. The van der Waals surface area contributed by atoms with E-state index in [1.807, 2.05) is 12.1 Å². The monoisotopic (exact) mass is 432 g/mol. The molecule has 2 aromatic rings. The quantitative estimate of drug-likeness (QED) is 0.690. The molecule has 0 aliphatic carbocycles. The van der Waals surface area contributed by atoms with Crippen molar-refractivity contribution < 1.29 is 9.69 Å². The first-order chi connectivity index (χ1) is 15.6. The Kier molecular flexibility index (Phi) is 5.98. The number of carbonyl (C=O) groups is 1. The summed E-state index contributed by atoms with van der Waals surface area (Å²) in [6, 6.07) is 16.8. The Labute approximate surface area is 190 Å². The Balaban J connectivity index is 1.14. The number of piperidine rings is 1. The predicted molar refractivity (Wildman–Crippen MR) is 129 cm³/mol. The molecule has 2 amide bonds. The molecule has 2 saturated heterocycles. The molecule has 5 rings (SSSR count). The van der Waals surface area contributed by atoms with E-state index >= 15 is 0 Å². The number of anilines is 1. The first-order valence-electron chi connectivity index (χ1n) is 11.9. The maximum absolute atomic E-state index is 12.8. The van der Waals surface area contributed by atoms with Crippen LogP contribution in [0.25, 0.3) is 0 Å². The third-order valence-electron chi connectivity index (χ3n) is 7.27. The van der Waals surface area contributed by atoms with Gasteiger partial charge in [-0.1, -0.05) is 36.4 Å². The van der Waals surface area contributed by atoms with E-state index in [1.54, 1.807) is 6.34 Å². The third kappa shape index (κ3) is 4.30. The Bertz CT molecular complexity index is 973. The lowest BCUT2D eigenvalue weighted by atomic mass is 9.72. The predicted octanol–water partition coefficient (Wildman–Crippen LogP) is 3.14. The summed E-state index contributed by atoms with van der Waals surface area (Å²) in [4.78, 5) is 23.1. The number of aryl methyl sites for hydroxylation is 1. The Hall–Kier alpha value is -2.70. The smallest absolute Gasteiger partial charge is 0.370 e. The number of nitrogens with zero attached hydrogens (tertiary/aromatic N) is 3. The summed E-state index contributed by atoms with van der Waals surface area (Å²) in [5, 5.41) is 3.10. The Morgan fingerprint density at radius 1 is 1.06 bits per heavy atom. The molecule has 3 aliphatic rings. The van der Waals surface area contributed by atoms with Gasteiger partial charge in [-0.15, -0.1) is 0 Å². The van der Waals surface area contributed by atoms with Crippen LogP contribution in [-0.4, -0.2) is 57.0 Å². The van der Waals surface area contributed by atoms with Gasteiger partial charge in [0.15, 0.2) is 11.4 Å². The highest BCUT2D eigenvalue weighted by Gasteiger charge is 2.43. The van der Waals surface area contributed by atoms with E-state index in [2.05, 4.69) is 63.6 Å². The number of amides is 2. The standard InChI is InChI=1S/C26H33N5O/c1-29-18-26(19-29)13-16-30(17-14-26)22-11-7-12-23-24(22)28-20-31(23)25(32)27-15-6-5-10-21-8-3-2-4-9-21/h2-4,7-9,11-12,20H,5-6,10,13-19H2,1H3,(H,27,32)/p+1. The number of nitrogens with one attached hydrogen (secondary N) is 2. The van der Waals surface area contributed by atoms with E-state index in [4.69, 9.17) is 0 Å². The third-order valence-corrected chi connectivity index (χ3v) is 7.27. The number of aliphatic imine (C=N–C) groups is 1. The van der Waals surface area contributed by atoms with E-state index in [-0.39, 0.29) is 6.03 Å². The first kappa shape index (κ1) is 21.2. The van der Waals surface area contributed by atoms with Crippen LogP contribution in [0.2, 0.25) is 0 Å². The van der Waals surface area contributed by atoms with E-state index < -0.39 is 0 Å². The maximum Gasteiger partial charge on any atom is 0.425 e. The lowest BCUT2D eigenvalue weighted by molar-refractivity contribution is -0.620. The van der Waals surface area contributed by atoms with Crippen LogP contribution in [0.4, 0.5) is 21.9 Å². The van der Waals surface area contributed by atoms with Crippen LogP contribution < -0.4 is 15.1 Å². The minimum atomic E-state index is -0.0144. The average molecular weight is 433 g/mol. The molecule has 1 spiro atoms. The number of unbranched alkanes of at least 4 members (excludes halogenated alkanes) is 1. The van der Waals surface area contributed by atoms with Gasteiger partial charge in [0.25, 0.3) is 0 Å². The van der Waals surface area contributed by atoms with E-state index in [9.17, 15) is 4.79 Å². The molecule has 2 N–H and O–H groups in total. The van der Waals surface area contributed by atoms with Gasteiger partial charge in [-0.3, -0.25) is 0 Å². The number of para-hydroxylation sites is 1. The molecule has 1 unspecified atom stereocenters. The van der Waals surface area contributed by atoms with Crippen LogP contribution in [0, 0.1) is 5.41 Å². The highest BCUT2D eigenvalue weighted by Crippen LogP contribution is 2.43. The lowest BCUT2D eigenvalue weighted by Gasteiger charge is -2.53. The van der Waals surface area contributed by atoms with Crippen molar-refractivity contribution >= 4 is 29.4 Å². The van der Waals surface area contributed by atoms with Crippen LogP contribution in [-0.2, 0) is 6.42 Å². The first-order valence-corrected chi connectivity index (χ1v) is 11.9. The minimum absolute atomic E-state index is 0.0144. The molecule has 3 aliphatic heterocycles. The highest BCUT2D eigenvalue weighted by atomic mass is 16.2. The number of fused-ring (bicyclic) bond motifs is 1. The van der Waals surface area contributed by atoms with Crippen molar-refractivity contribution in [3.05, 3.63) is 54.1 Å². The number of hydrogen-bond donors (Lipinski definition) is 2. The number of carbonyl (C=O) groups excluding carboxylic acids is 1. The van der Waals surface area contributed by atoms with Crippen LogP contribution in [0.3, 0.4) is 0 Å². The van der Waals surface area contributed by atoms with E-state index in [0.717, 1.165) is 43.7 Å². The van der Waals surface area contributed by atoms with Gasteiger partial charge in [-0.05, 0) is 56.2 Å². The molecule has 32 heavy (non-hydrogen) atoms. The summed E-state index contributed by atoms with van der Waals surface area (Å²) in [7, 11) is 2.21. The average Bonchev–Trinajstić information content (AvgIpc) is 3.24. The molecular formula is C26H34N5O+. The normalized spacial score (nSPS) is 21.4. The van der Waals surface area contributed by atoms with E-state index in [0.29, 0.717) is 16.9 Å². The summed E-state index contributed by atoms with van der Waals surface area (Å²) < 4.78 is 0. The van der Waals surface area contributed by atoms with Crippen molar-refractivity contribution in [2.24, 2.45) is 10.4 Å². The zero-order valence-electron chi connectivity index (χ0n) is 19.0. The largest absolute Gasteiger partial charge is 0.425 e. The van der Waals surface area contributed by atoms with Crippen LogP contribution in [0.15, 0.2) is 53.5 Å². The van der Waals surface area contributed by atoms with Crippen molar-refractivity contribution in [2.45, 2.75) is 32.1 Å². The number of benzene rings is 2. The molecule has 0 saturated carbocycles. The zero-order valence-corrected chi connectivity index (χ0v) is 19.0. The Morgan fingerprint density at radius 2 is 1.84 bits per heavy atom. The molecule has 0 bridgehead atoms. The number of urea groups is 1. The summed E-state index contributed by atoms with van der Waals surface area (Å²) in [6.07, 6.45) is 7.33. The van der Waals surface area contributed by atoms with Crippen molar-refractivity contribution in [1.82, 2.24) is 10.2 Å². The molecule has 168 valence electrons. The number of rotatable bonds is 6. The van der Waals surface area contributed by atoms with Gasteiger partial charge >= 0.3 is 6.03 Å². The van der Waals surface area contributed by atoms with Gasteiger partial charge in [0.2, 0.25) is 6.34 Å². The molecule has 2 fully saturated rings. The molecule has 0 radical (unpaired) electrons. The molecule has 1 atom stereocenters. The fraction of sp³-hybridized carbons (Fsp3) is 0.462. The lowest BCUT2D eigenvalue weighted by Crippen LogP contribution is -3.09. The second kappa shape index (κ2) is 9.04. The van der Waals surface area contributed by atoms with Crippen molar-refractivity contribution in [3.8, 4) is 0 Å². The molecule has 6 heteroatoms.